The van der Waals surface area contributed by atoms with Gasteiger partial charge in [0, 0.05) is 6.20 Å². The van der Waals surface area contributed by atoms with Crippen molar-refractivity contribution in [3.05, 3.63) is 53.1 Å². The average Bonchev–Trinajstić information content (AvgIpc) is 2.49. The molecule has 0 spiro atoms. The Morgan fingerprint density at radius 1 is 1.24 bits per heavy atom. The summed E-state index contributed by atoms with van der Waals surface area (Å²) >= 11 is 0. The Bertz CT molecular complexity index is 660. The van der Waals surface area contributed by atoms with Gasteiger partial charge in [-0.25, -0.2) is 13.6 Å². The second kappa shape index (κ2) is 6.25. The van der Waals surface area contributed by atoms with Crippen LogP contribution in [0.3, 0.4) is 0 Å². The summed E-state index contributed by atoms with van der Waals surface area (Å²) in [6.45, 7) is 1.98. The predicted octanol–water partition coefficient (Wildman–Crippen LogP) is 2.46. The average molecular weight is 293 g/mol. The molecular weight excluding hydrogens is 280 g/mol. The number of rotatable bonds is 4. The van der Waals surface area contributed by atoms with Crippen molar-refractivity contribution in [1.82, 2.24) is 9.97 Å². The third-order valence-electron chi connectivity index (χ3n) is 2.78. The summed E-state index contributed by atoms with van der Waals surface area (Å²) < 4.78 is 31.9. The number of halogens is 2. The molecule has 0 aliphatic carbocycles. The Labute approximate surface area is 120 Å². The number of carbonyl (C=O) groups is 1. The van der Waals surface area contributed by atoms with E-state index in [0.717, 1.165) is 18.9 Å². The molecular formula is C14H13F2N3O2. The third-order valence-corrected chi connectivity index (χ3v) is 2.78. The van der Waals surface area contributed by atoms with E-state index in [2.05, 4.69) is 20.0 Å². The van der Waals surface area contributed by atoms with Crippen LogP contribution in [0.25, 0.3) is 0 Å². The highest BCUT2D eigenvalue weighted by Gasteiger charge is 2.18. The van der Waals surface area contributed by atoms with Crippen LogP contribution in [-0.2, 0) is 11.3 Å². The Morgan fingerprint density at radius 2 is 2.00 bits per heavy atom. The zero-order chi connectivity index (χ0) is 15.4. The second-order valence-corrected chi connectivity index (χ2v) is 4.28. The Hall–Kier alpha value is -2.57. The van der Waals surface area contributed by atoms with Crippen LogP contribution < -0.4 is 5.32 Å². The van der Waals surface area contributed by atoms with Gasteiger partial charge in [0.2, 0.25) is 0 Å². The van der Waals surface area contributed by atoms with E-state index in [-0.39, 0.29) is 12.2 Å². The van der Waals surface area contributed by atoms with Gasteiger partial charge in [-0.3, -0.25) is 9.97 Å². The molecule has 0 saturated heterocycles. The van der Waals surface area contributed by atoms with E-state index < -0.39 is 23.2 Å². The summed E-state index contributed by atoms with van der Waals surface area (Å²) in [6, 6.07) is 2.43. The highest BCUT2D eigenvalue weighted by atomic mass is 19.2. The van der Waals surface area contributed by atoms with Crippen molar-refractivity contribution in [3.63, 3.8) is 0 Å². The van der Waals surface area contributed by atoms with Gasteiger partial charge in [-0.1, -0.05) is 0 Å². The lowest BCUT2D eigenvalue weighted by atomic mass is 10.1. The first-order valence-electron chi connectivity index (χ1n) is 6.10. The van der Waals surface area contributed by atoms with Crippen molar-refractivity contribution in [2.45, 2.75) is 13.5 Å². The van der Waals surface area contributed by atoms with Gasteiger partial charge in [0.25, 0.3) is 0 Å². The SMILES string of the molecule is COC(=O)c1ccc(NCc2cnc(C)cn2)c(F)c1F. The van der Waals surface area contributed by atoms with Crippen LogP contribution >= 0.6 is 0 Å². The lowest BCUT2D eigenvalue weighted by Gasteiger charge is -2.09. The molecule has 7 heteroatoms. The number of anilines is 1. The normalized spacial score (nSPS) is 10.3. The number of hydrogen-bond donors (Lipinski definition) is 1. The maximum Gasteiger partial charge on any atom is 0.340 e. The van der Waals surface area contributed by atoms with Gasteiger partial charge in [-0.05, 0) is 19.1 Å². The second-order valence-electron chi connectivity index (χ2n) is 4.28. The van der Waals surface area contributed by atoms with Gasteiger partial charge < -0.3 is 10.1 Å². The van der Waals surface area contributed by atoms with E-state index in [1.807, 2.05) is 0 Å². The number of aryl methyl sites for hydroxylation is 1. The van der Waals surface area contributed by atoms with Crippen molar-refractivity contribution >= 4 is 11.7 Å². The number of methoxy groups -OCH3 is 1. The molecule has 0 fully saturated rings. The quantitative estimate of drug-likeness (QED) is 0.877. The van der Waals surface area contributed by atoms with Crippen molar-refractivity contribution in [1.29, 1.82) is 0 Å². The van der Waals surface area contributed by atoms with Gasteiger partial charge in [0.1, 0.15) is 0 Å². The highest BCUT2D eigenvalue weighted by molar-refractivity contribution is 5.90. The van der Waals surface area contributed by atoms with Crippen LogP contribution in [-0.4, -0.2) is 23.0 Å². The first-order chi connectivity index (χ1) is 10.0. The Kier molecular flexibility index (Phi) is 4.42. The fourth-order valence-corrected chi connectivity index (χ4v) is 1.65. The fraction of sp³-hybridized carbons (Fsp3) is 0.214. The van der Waals surface area contributed by atoms with E-state index in [4.69, 9.17) is 0 Å². The summed E-state index contributed by atoms with van der Waals surface area (Å²) in [7, 11) is 1.10. The molecule has 1 aromatic carbocycles. The van der Waals surface area contributed by atoms with Crippen LogP contribution in [0.4, 0.5) is 14.5 Å². The molecule has 1 aromatic heterocycles. The molecule has 1 heterocycles. The van der Waals surface area contributed by atoms with E-state index in [0.29, 0.717) is 5.69 Å². The van der Waals surface area contributed by atoms with Gasteiger partial charge in [-0.15, -0.1) is 0 Å². The molecule has 0 aliphatic rings. The van der Waals surface area contributed by atoms with E-state index >= 15 is 0 Å². The molecule has 2 rings (SSSR count). The molecule has 0 atom stereocenters. The maximum absolute atomic E-state index is 13.8. The molecule has 1 N–H and O–H groups in total. The van der Waals surface area contributed by atoms with Gasteiger partial charge >= 0.3 is 5.97 Å². The smallest absolute Gasteiger partial charge is 0.340 e. The van der Waals surface area contributed by atoms with Crippen molar-refractivity contribution in [2.24, 2.45) is 0 Å². The summed E-state index contributed by atoms with van der Waals surface area (Å²) in [4.78, 5) is 19.4. The number of carbonyl (C=O) groups excluding carboxylic acids is 1. The number of ether oxygens (including phenoxy) is 1. The number of hydrogen-bond acceptors (Lipinski definition) is 5. The number of nitrogens with zero attached hydrogens (tertiary/aromatic N) is 2. The van der Waals surface area contributed by atoms with Crippen LogP contribution in [0.2, 0.25) is 0 Å². The molecule has 110 valence electrons. The fourth-order valence-electron chi connectivity index (χ4n) is 1.65. The maximum atomic E-state index is 13.8. The number of benzene rings is 1. The highest BCUT2D eigenvalue weighted by Crippen LogP contribution is 2.21. The molecule has 0 radical (unpaired) electrons. The zero-order valence-corrected chi connectivity index (χ0v) is 11.5. The van der Waals surface area contributed by atoms with Crippen molar-refractivity contribution in [2.75, 3.05) is 12.4 Å². The number of esters is 1. The van der Waals surface area contributed by atoms with E-state index in [9.17, 15) is 13.6 Å². The molecule has 0 bridgehead atoms. The Balaban J connectivity index is 2.16. The number of aromatic nitrogens is 2. The molecule has 21 heavy (non-hydrogen) atoms. The standard InChI is InChI=1S/C14H13F2N3O2/c1-8-5-18-9(6-17-8)7-19-11-4-3-10(14(20)21-2)12(15)13(11)16/h3-6,19H,7H2,1-2H3. The summed E-state index contributed by atoms with van der Waals surface area (Å²) in [5.74, 6) is -3.32. The Morgan fingerprint density at radius 3 is 2.62 bits per heavy atom. The van der Waals surface area contributed by atoms with Crippen molar-refractivity contribution < 1.29 is 18.3 Å². The first-order valence-corrected chi connectivity index (χ1v) is 6.10. The van der Waals surface area contributed by atoms with Crippen LogP contribution in [0.15, 0.2) is 24.5 Å². The third kappa shape index (κ3) is 3.31. The summed E-state index contributed by atoms with van der Waals surface area (Å²) in [5.41, 5.74) is 0.828. The molecule has 0 amide bonds. The molecule has 2 aromatic rings. The predicted molar refractivity (Wildman–Crippen MR) is 71.8 cm³/mol. The monoisotopic (exact) mass is 293 g/mol. The summed E-state index contributed by atoms with van der Waals surface area (Å²) in [6.07, 6.45) is 3.12. The topological polar surface area (TPSA) is 64.1 Å². The molecule has 0 saturated carbocycles. The van der Waals surface area contributed by atoms with Crippen LogP contribution in [0.1, 0.15) is 21.7 Å². The zero-order valence-electron chi connectivity index (χ0n) is 11.5. The minimum atomic E-state index is -1.25. The lowest BCUT2D eigenvalue weighted by Crippen LogP contribution is -2.09. The largest absolute Gasteiger partial charge is 0.465 e. The minimum absolute atomic E-state index is 0.0671. The number of nitrogens with one attached hydrogen (secondary N) is 1. The van der Waals surface area contributed by atoms with Gasteiger partial charge in [0.15, 0.2) is 11.6 Å². The van der Waals surface area contributed by atoms with Gasteiger partial charge in [0.05, 0.1) is 42.5 Å². The minimum Gasteiger partial charge on any atom is -0.465 e. The van der Waals surface area contributed by atoms with Crippen molar-refractivity contribution in [3.8, 4) is 0 Å². The summed E-state index contributed by atoms with van der Waals surface area (Å²) in [5, 5.41) is 2.70. The molecule has 5 nitrogen and oxygen atoms in total. The van der Waals surface area contributed by atoms with Crippen LogP contribution in [0, 0.1) is 18.6 Å². The van der Waals surface area contributed by atoms with Gasteiger partial charge in [-0.2, -0.15) is 0 Å². The van der Waals surface area contributed by atoms with E-state index in [1.165, 1.54) is 6.07 Å². The lowest BCUT2D eigenvalue weighted by molar-refractivity contribution is 0.0594. The molecule has 0 aliphatic heterocycles. The van der Waals surface area contributed by atoms with Crippen LogP contribution in [0.5, 0.6) is 0 Å². The molecule has 0 unspecified atom stereocenters. The van der Waals surface area contributed by atoms with E-state index in [1.54, 1.807) is 19.3 Å². The first kappa shape index (κ1) is 14.8.